The molecule has 0 saturated heterocycles. The molecule has 0 aromatic rings. The van der Waals surface area contributed by atoms with E-state index in [9.17, 15) is 14.7 Å². The van der Waals surface area contributed by atoms with Crippen LogP contribution in [0.4, 0.5) is 0 Å². The number of hydrogen-bond donors (Lipinski definition) is 3. The van der Waals surface area contributed by atoms with E-state index in [0.29, 0.717) is 19.4 Å². The summed E-state index contributed by atoms with van der Waals surface area (Å²) in [6.07, 6.45) is 4.51. The lowest BCUT2D eigenvalue weighted by atomic mass is 9.71. The summed E-state index contributed by atoms with van der Waals surface area (Å²) in [5.74, 6) is -0.709. The van der Waals surface area contributed by atoms with Crippen molar-refractivity contribution in [2.75, 3.05) is 6.54 Å². The third-order valence-corrected chi connectivity index (χ3v) is 4.42. The number of hydrogen-bond acceptors (Lipinski definition) is 3. The molecule has 0 bridgehead atoms. The van der Waals surface area contributed by atoms with E-state index < -0.39 is 11.4 Å². The first kappa shape index (κ1) is 16.0. The number of carboxylic acid groups (broad SMARTS) is 1. The summed E-state index contributed by atoms with van der Waals surface area (Å²) >= 11 is 0. The summed E-state index contributed by atoms with van der Waals surface area (Å²) < 4.78 is 0. The molecule has 0 spiro atoms. The van der Waals surface area contributed by atoms with Gasteiger partial charge in [0.1, 0.15) is 0 Å². The van der Waals surface area contributed by atoms with Crippen LogP contribution in [0.5, 0.6) is 0 Å². The average molecular weight is 270 g/mol. The molecule has 1 amide bonds. The predicted octanol–water partition coefficient (Wildman–Crippen LogP) is 1.51. The number of carbonyl (C=O) groups is 2. The Hall–Kier alpha value is -1.10. The number of nitrogens with two attached hydrogens (primary N) is 1. The quantitative estimate of drug-likeness (QED) is 0.682. The maximum absolute atomic E-state index is 12.0. The van der Waals surface area contributed by atoms with Crippen molar-refractivity contribution in [3.05, 3.63) is 0 Å². The highest BCUT2D eigenvalue weighted by Crippen LogP contribution is 2.36. The Morgan fingerprint density at radius 2 is 2.16 bits per heavy atom. The number of aliphatic carboxylic acids is 1. The predicted molar refractivity (Wildman–Crippen MR) is 73.6 cm³/mol. The maximum atomic E-state index is 12.0. The van der Waals surface area contributed by atoms with E-state index in [1.165, 1.54) is 0 Å². The molecule has 0 heterocycles. The van der Waals surface area contributed by atoms with Crippen molar-refractivity contribution in [2.24, 2.45) is 17.1 Å². The van der Waals surface area contributed by atoms with Crippen LogP contribution in [0, 0.1) is 11.3 Å². The SMILES string of the molecule is CCC(CN)CC(=O)NC1CCCCC1(C)C(=O)O. The Morgan fingerprint density at radius 1 is 1.47 bits per heavy atom. The van der Waals surface area contributed by atoms with Crippen LogP contribution in [0.3, 0.4) is 0 Å². The Morgan fingerprint density at radius 3 is 2.68 bits per heavy atom. The van der Waals surface area contributed by atoms with Crippen LogP contribution in [-0.2, 0) is 9.59 Å². The molecule has 3 atom stereocenters. The number of carbonyl (C=O) groups excluding carboxylic acids is 1. The zero-order valence-corrected chi connectivity index (χ0v) is 11.9. The zero-order valence-electron chi connectivity index (χ0n) is 11.9. The molecule has 5 heteroatoms. The zero-order chi connectivity index (χ0) is 14.5. The summed E-state index contributed by atoms with van der Waals surface area (Å²) in [5, 5.41) is 12.3. The molecule has 4 N–H and O–H groups in total. The summed E-state index contributed by atoms with van der Waals surface area (Å²) in [4.78, 5) is 23.4. The second-order valence-electron chi connectivity index (χ2n) is 5.80. The van der Waals surface area contributed by atoms with Gasteiger partial charge in [0.2, 0.25) is 5.91 Å². The Bertz CT molecular complexity index is 329. The van der Waals surface area contributed by atoms with Gasteiger partial charge in [-0.1, -0.05) is 26.2 Å². The monoisotopic (exact) mass is 270 g/mol. The van der Waals surface area contributed by atoms with Crippen LogP contribution in [0.2, 0.25) is 0 Å². The molecule has 0 aliphatic heterocycles. The van der Waals surface area contributed by atoms with Gasteiger partial charge in [0, 0.05) is 12.5 Å². The molecular formula is C14H26N2O3. The molecule has 1 saturated carbocycles. The van der Waals surface area contributed by atoms with E-state index in [4.69, 9.17) is 5.73 Å². The minimum atomic E-state index is -0.835. The molecule has 5 nitrogen and oxygen atoms in total. The van der Waals surface area contributed by atoms with Gasteiger partial charge in [0.05, 0.1) is 5.41 Å². The van der Waals surface area contributed by atoms with Crippen LogP contribution in [0.1, 0.15) is 52.4 Å². The molecule has 1 aliphatic carbocycles. The number of rotatable bonds is 6. The molecule has 1 rings (SSSR count). The summed E-state index contributed by atoms with van der Waals surface area (Å²) in [6.45, 7) is 4.23. The number of nitrogens with one attached hydrogen (secondary N) is 1. The van der Waals surface area contributed by atoms with Gasteiger partial charge < -0.3 is 16.2 Å². The van der Waals surface area contributed by atoms with Gasteiger partial charge in [-0.05, 0) is 32.2 Å². The third-order valence-electron chi connectivity index (χ3n) is 4.42. The van der Waals surface area contributed by atoms with Gasteiger partial charge in [-0.15, -0.1) is 0 Å². The summed E-state index contributed by atoms with van der Waals surface area (Å²) in [6, 6.07) is -0.262. The number of amides is 1. The molecule has 110 valence electrons. The lowest BCUT2D eigenvalue weighted by Crippen LogP contribution is -2.52. The average Bonchev–Trinajstić information content (AvgIpc) is 2.38. The second kappa shape index (κ2) is 6.89. The molecule has 1 fully saturated rings. The van der Waals surface area contributed by atoms with Crippen LogP contribution in [0.25, 0.3) is 0 Å². The van der Waals surface area contributed by atoms with Crippen molar-refractivity contribution in [3.8, 4) is 0 Å². The third kappa shape index (κ3) is 3.93. The van der Waals surface area contributed by atoms with Crippen molar-refractivity contribution in [3.63, 3.8) is 0 Å². The Balaban J connectivity index is 2.63. The van der Waals surface area contributed by atoms with E-state index in [-0.39, 0.29) is 17.9 Å². The fraction of sp³-hybridized carbons (Fsp3) is 0.857. The van der Waals surface area contributed by atoms with E-state index >= 15 is 0 Å². The van der Waals surface area contributed by atoms with Gasteiger partial charge in [-0.25, -0.2) is 0 Å². The Kier molecular flexibility index (Phi) is 5.79. The van der Waals surface area contributed by atoms with Gasteiger partial charge in [-0.3, -0.25) is 9.59 Å². The van der Waals surface area contributed by atoms with Crippen molar-refractivity contribution in [1.29, 1.82) is 0 Å². The van der Waals surface area contributed by atoms with Crippen LogP contribution in [0.15, 0.2) is 0 Å². The minimum Gasteiger partial charge on any atom is -0.481 e. The molecule has 3 unspecified atom stereocenters. The van der Waals surface area contributed by atoms with Crippen LogP contribution >= 0.6 is 0 Å². The minimum absolute atomic E-state index is 0.0725. The standard InChI is InChI=1S/C14H26N2O3/c1-3-10(9-15)8-12(17)16-11-6-4-5-7-14(11,2)13(18)19/h10-11H,3-9,15H2,1-2H3,(H,16,17)(H,18,19). The highest BCUT2D eigenvalue weighted by atomic mass is 16.4. The van der Waals surface area contributed by atoms with Crippen LogP contribution in [-0.4, -0.2) is 29.6 Å². The van der Waals surface area contributed by atoms with Crippen LogP contribution < -0.4 is 11.1 Å². The highest BCUT2D eigenvalue weighted by molar-refractivity contribution is 5.80. The smallest absolute Gasteiger partial charge is 0.311 e. The van der Waals surface area contributed by atoms with Crippen molar-refractivity contribution in [1.82, 2.24) is 5.32 Å². The fourth-order valence-corrected chi connectivity index (χ4v) is 2.73. The topological polar surface area (TPSA) is 92.4 Å². The molecule has 0 aromatic heterocycles. The van der Waals surface area contributed by atoms with Gasteiger partial charge >= 0.3 is 5.97 Å². The first-order chi connectivity index (χ1) is 8.93. The van der Waals surface area contributed by atoms with E-state index in [1.807, 2.05) is 6.92 Å². The summed E-state index contributed by atoms with van der Waals surface area (Å²) in [5.41, 5.74) is 4.76. The largest absolute Gasteiger partial charge is 0.481 e. The van der Waals surface area contributed by atoms with Crippen molar-refractivity contribution >= 4 is 11.9 Å². The van der Waals surface area contributed by atoms with Gasteiger partial charge in [-0.2, -0.15) is 0 Å². The fourth-order valence-electron chi connectivity index (χ4n) is 2.73. The second-order valence-corrected chi connectivity index (χ2v) is 5.80. The lowest BCUT2D eigenvalue weighted by molar-refractivity contribution is -0.152. The molecule has 0 radical (unpaired) electrons. The highest BCUT2D eigenvalue weighted by Gasteiger charge is 2.43. The molecule has 0 aromatic carbocycles. The summed E-state index contributed by atoms with van der Waals surface area (Å²) in [7, 11) is 0. The molecule has 19 heavy (non-hydrogen) atoms. The molecule has 1 aliphatic rings. The van der Waals surface area contributed by atoms with Gasteiger partial charge in [0.15, 0.2) is 0 Å². The lowest BCUT2D eigenvalue weighted by Gasteiger charge is -2.38. The first-order valence-electron chi connectivity index (χ1n) is 7.16. The van der Waals surface area contributed by atoms with Crippen molar-refractivity contribution < 1.29 is 14.7 Å². The van der Waals surface area contributed by atoms with Crippen molar-refractivity contribution in [2.45, 2.75) is 58.4 Å². The van der Waals surface area contributed by atoms with E-state index in [0.717, 1.165) is 25.7 Å². The Labute approximate surface area is 114 Å². The van der Waals surface area contributed by atoms with E-state index in [2.05, 4.69) is 5.32 Å². The maximum Gasteiger partial charge on any atom is 0.311 e. The number of carboxylic acids is 1. The molecular weight excluding hydrogens is 244 g/mol. The van der Waals surface area contributed by atoms with E-state index in [1.54, 1.807) is 6.92 Å². The normalized spacial score (nSPS) is 28.7. The van der Waals surface area contributed by atoms with Gasteiger partial charge in [0.25, 0.3) is 0 Å². The first-order valence-corrected chi connectivity index (χ1v) is 7.16.